The number of nitrogens with zero attached hydrogens (tertiary/aromatic N) is 4. The maximum atomic E-state index is 12.7. The van der Waals surface area contributed by atoms with E-state index in [1.165, 1.54) is 19.7 Å². The van der Waals surface area contributed by atoms with Gasteiger partial charge in [0.25, 0.3) is 5.91 Å². The van der Waals surface area contributed by atoms with Gasteiger partial charge in [0.05, 0.1) is 25.1 Å². The molecule has 12 nitrogen and oxygen atoms in total. The molecule has 1 aromatic carbocycles. The summed E-state index contributed by atoms with van der Waals surface area (Å²) in [5.41, 5.74) is 0.862. The van der Waals surface area contributed by atoms with E-state index in [0.717, 1.165) is 0 Å². The van der Waals surface area contributed by atoms with Gasteiger partial charge in [-0.2, -0.15) is 0 Å². The zero-order valence-corrected chi connectivity index (χ0v) is 21.2. The van der Waals surface area contributed by atoms with Crippen molar-refractivity contribution in [2.45, 2.75) is 26.3 Å². The molecule has 0 atom stereocenters. The summed E-state index contributed by atoms with van der Waals surface area (Å²) in [5.74, 6) is -0.158. The van der Waals surface area contributed by atoms with Gasteiger partial charge < -0.3 is 29.2 Å². The van der Waals surface area contributed by atoms with Gasteiger partial charge in [0.2, 0.25) is 0 Å². The summed E-state index contributed by atoms with van der Waals surface area (Å²) in [4.78, 5) is 45.7. The largest absolute Gasteiger partial charge is 0.496 e. The molecule has 0 spiro atoms. The molecule has 0 unspecified atom stereocenters. The van der Waals surface area contributed by atoms with Gasteiger partial charge in [0.1, 0.15) is 17.1 Å². The Bertz CT molecular complexity index is 1260. The number of carbonyl (C=O) groups excluding carboxylic acids is 3. The van der Waals surface area contributed by atoms with E-state index in [1.807, 2.05) is 13.8 Å². The van der Waals surface area contributed by atoms with E-state index in [0.29, 0.717) is 66.8 Å². The average molecular weight is 511 g/mol. The molecule has 2 aromatic heterocycles. The third kappa shape index (κ3) is 6.15. The molecule has 0 aliphatic carbocycles. The Kier molecular flexibility index (Phi) is 7.58. The zero-order valence-electron chi connectivity index (χ0n) is 21.2. The Morgan fingerprint density at radius 1 is 1.11 bits per heavy atom. The van der Waals surface area contributed by atoms with E-state index >= 15 is 0 Å². The Balaban J connectivity index is 1.28. The lowest BCUT2D eigenvalue weighted by Crippen LogP contribution is -2.57. The van der Waals surface area contributed by atoms with Crippen LogP contribution in [-0.4, -0.2) is 83.0 Å². The SMILES string of the molecule is COc1cc(NC(=O)C(=O)NC(C)(C)CN2CCN(C(=O)c3cnoc3C)CC2)ccc1-c1cnco1. The lowest BCUT2D eigenvalue weighted by Gasteiger charge is -2.39. The minimum absolute atomic E-state index is 0.104. The molecule has 1 aliphatic heterocycles. The molecule has 2 N–H and O–H groups in total. The number of hydrogen-bond acceptors (Lipinski definition) is 9. The Morgan fingerprint density at radius 2 is 1.86 bits per heavy atom. The summed E-state index contributed by atoms with van der Waals surface area (Å²) in [6.45, 7) is 8.29. The number of hydrogen-bond donors (Lipinski definition) is 2. The van der Waals surface area contributed by atoms with Gasteiger partial charge in [-0.3, -0.25) is 19.3 Å². The maximum Gasteiger partial charge on any atom is 0.313 e. The van der Waals surface area contributed by atoms with Gasteiger partial charge in [0.15, 0.2) is 12.2 Å². The number of aromatic nitrogens is 2. The monoisotopic (exact) mass is 510 g/mol. The van der Waals surface area contributed by atoms with E-state index in [-0.39, 0.29) is 5.91 Å². The van der Waals surface area contributed by atoms with Crippen molar-refractivity contribution in [3.8, 4) is 17.1 Å². The molecule has 1 saturated heterocycles. The fourth-order valence-corrected chi connectivity index (χ4v) is 4.26. The molecule has 37 heavy (non-hydrogen) atoms. The van der Waals surface area contributed by atoms with Crippen molar-refractivity contribution >= 4 is 23.4 Å². The average Bonchev–Trinajstić information content (AvgIpc) is 3.55. The molecule has 1 aliphatic rings. The van der Waals surface area contributed by atoms with Crippen LogP contribution in [0.3, 0.4) is 0 Å². The van der Waals surface area contributed by atoms with Crippen molar-refractivity contribution in [3.05, 3.63) is 48.3 Å². The van der Waals surface area contributed by atoms with Crippen LogP contribution in [0, 0.1) is 6.92 Å². The normalized spacial score (nSPS) is 14.3. The van der Waals surface area contributed by atoms with Crippen LogP contribution in [0.5, 0.6) is 5.75 Å². The van der Waals surface area contributed by atoms with E-state index in [4.69, 9.17) is 13.7 Å². The number of nitrogens with one attached hydrogen (secondary N) is 2. The highest BCUT2D eigenvalue weighted by atomic mass is 16.5. The van der Waals surface area contributed by atoms with Crippen LogP contribution >= 0.6 is 0 Å². The third-order valence-corrected chi connectivity index (χ3v) is 6.07. The first-order chi connectivity index (χ1) is 17.7. The molecule has 1 fully saturated rings. The van der Waals surface area contributed by atoms with E-state index < -0.39 is 17.4 Å². The van der Waals surface area contributed by atoms with E-state index in [9.17, 15) is 14.4 Å². The Hall–Kier alpha value is -4.19. The molecule has 0 saturated carbocycles. The topological polar surface area (TPSA) is 143 Å². The van der Waals surface area contributed by atoms with Crippen LogP contribution in [0.25, 0.3) is 11.3 Å². The first-order valence-electron chi connectivity index (χ1n) is 11.8. The van der Waals surface area contributed by atoms with Gasteiger partial charge in [0, 0.05) is 50.0 Å². The molecular formula is C25H30N6O6. The second kappa shape index (κ2) is 10.8. The highest BCUT2D eigenvalue weighted by Crippen LogP contribution is 2.32. The van der Waals surface area contributed by atoms with Gasteiger partial charge in [-0.1, -0.05) is 5.16 Å². The number of methoxy groups -OCH3 is 1. The number of oxazole rings is 1. The number of carbonyl (C=O) groups is 3. The summed E-state index contributed by atoms with van der Waals surface area (Å²) < 4.78 is 15.7. The van der Waals surface area contributed by atoms with Crippen LogP contribution in [0.4, 0.5) is 5.69 Å². The van der Waals surface area contributed by atoms with Crippen LogP contribution in [0.2, 0.25) is 0 Å². The summed E-state index contributed by atoms with van der Waals surface area (Å²) in [6.07, 6.45) is 4.31. The van der Waals surface area contributed by atoms with Gasteiger partial charge in [-0.15, -0.1) is 0 Å². The highest BCUT2D eigenvalue weighted by Gasteiger charge is 2.30. The number of ether oxygens (including phenoxy) is 1. The van der Waals surface area contributed by atoms with Gasteiger partial charge >= 0.3 is 11.8 Å². The fraction of sp³-hybridized carbons (Fsp3) is 0.400. The number of benzene rings is 1. The van der Waals surface area contributed by atoms with Crippen molar-refractivity contribution in [2.75, 3.05) is 45.2 Å². The summed E-state index contributed by atoms with van der Waals surface area (Å²) >= 11 is 0. The summed E-state index contributed by atoms with van der Waals surface area (Å²) in [5, 5.41) is 9.08. The van der Waals surface area contributed by atoms with E-state index in [2.05, 4.69) is 25.7 Å². The molecule has 12 heteroatoms. The van der Waals surface area contributed by atoms with Crippen molar-refractivity contribution in [2.24, 2.45) is 0 Å². The van der Waals surface area contributed by atoms with Gasteiger partial charge in [-0.05, 0) is 32.9 Å². The smallest absolute Gasteiger partial charge is 0.313 e. The fourth-order valence-electron chi connectivity index (χ4n) is 4.26. The van der Waals surface area contributed by atoms with Crippen LogP contribution in [-0.2, 0) is 9.59 Å². The second-order valence-electron chi connectivity index (χ2n) is 9.44. The first-order valence-corrected chi connectivity index (χ1v) is 11.8. The van der Waals surface area contributed by atoms with Crippen molar-refractivity contribution in [1.82, 2.24) is 25.3 Å². The predicted molar refractivity (Wildman–Crippen MR) is 133 cm³/mol. The van der Waals surface area contributed by atoms with Crippen molar-refractivity contribution < 1.29 is 28.1 Å². The Morgan fingerprint density at radius 3 is 2.49 bits per heavy atom. The van der Waals surface area contributed by atoms with Crippen molar-refractivity contribution in [3.63, 3.8) is 0 Å². The summed E-state index contributed by atoms with van der Waals surface area (Å²) in [6, 6.07) is 4.97. The molecule has 196 valence electrons. The minimum Gasteiger partial charge on any atom is -0.496 e. The molecule has 3 amide bonds. The van der Waals surface area contributed by atoms with Crippen LogP contribution < -0.4 is 15.4 Å². The predicted octanol–water partition coefficient (Wildman–Crippen LogP) is 1.94. The van der Waals surface area contributed by atoms with Crippen LogP contribution in [0.15, 0.2) is 45.9 Å². The molecule has 3 aromatic rings. The minimum atomic E-state index is -0.790. The lowest BCUT2D eigenvalue weighted by molar-refractivity contribution is -0.137. The molecule has 4 rings (SSSR count). The number of piperazine rings is 1. The number of aryl methyl sites for hydroxylation is 1. The highest BCUT2D eigenvalue weighted by molar-refractivity contribution is 6.39. The van der Waals surface area contributed by atoms with Gasteiger partial charge in [-0.25, -0.2) is 4.98 Å². The van der Waals surface area contributed by atoms with E-state index in [1.54, 1.807) is 36.2 Å². The van der Waals surface area contributed by atoms with Crippen molar-refractivity contribution in [1.29, 1.82) is 0 Å². The molecule has 0 bridgehead atoms. The standard InChI is InChI=1S/C25H30N6O6/c1-16-19(12-27-37-16)24(34)31-9-7-30(8-10-31)14-25(2,3)29-23(33)22(32)28-17-5-6-18(20(11-17)35-4)21-13-26-15-36-21/h5-6,11-13,15H,7-10,14H2,1-4H3,(H,28,32)(H,29,33). The summed E-state index contributed by atoms with van der Waals surface area (Å²) in [7, 11) is 1.50. The molecule has 0 radical (unpaired) electrons. The molecule has 3 heterocycles. The number of anilines is 1. The quantitative estimate of drug-likeness (QED) is 0.456. The first kappa shape index (κ1) is 25.9. The molecular weight excluding hydrogens is 480 g/mol. The number of rotatable bonds is 7. The lowest BCUT2D eigenvalue weighted by atomic mass is 10.0. The zero-order chi connectivity index (χ0) is 26.6. The number of amides is 3. The second-order valence-corrected chi connectivity index (χ2v) is 9.44. The van der Waals surface area contributed by atoms with Crippen LogP contribution in [0.1, 0.15) is 30.0 Å². The maximum absolute atomic E-state index is 12.7. The Labute approximate surface area is 213 Å². The third-order valence-electron chi connectivity index (χ3n) is 6.07.